The molecule has 3 rings (SSSR count). The third kappa shape index (κ3) is 1.13. The lowest BCUT2D eigenvalue weighted by Crippen LogP contribution is -2.50. The Bertz CT molecular complexity index is 317. The molecule has 2 atom stereocenters. The summed E-state index contributed by atoms with van der Waals surface area (Å²) in [7, 11) is 0. The van der Waals surface area contributed by atoms with E-state index in [1.54, 1.807) is 11.3 Å². The average molecular weight is 212 g/mol. The molecule has 0 saturated carbocycles. The molecule has 2 fully saturated rings. The summed E-state index contributed by atoms with van der Waals surface area (Å²) < 4.78 is 11.3. The predicted molar refractivity (Wildman–Crippen MR) is 52.1 cm³/mol. The maximum absolute atomic E-state index is 5.77. The van der Waals surface area contributed by atoms with Crippen LogP contribution in [0.15, 0.2) is 10.9 Å². The van der Waals surface area contributed by atoms with Crippen LogP contribution in [0.1, 0.15) is 12.1 Å². The lowest BCUT2D eigenvalue weighted by Gasteiger charge is -2.35. The largest absolute Gasteiger partial charge is 0.347 e. The van der Waals surface area contributed by atoms with Gasteiger partial charge in [-0.15, -0.1) is 11.3 Å². The van der Waals surface area contributed by atoms with Crippen molar-refractivity contribution in [1.29, 1.82) is 0 Å². The van der Waals surface area contributed by atoms with Gasteiger partial charge >= 0.3 is 0 Å². The van der Waals surface area contributed by atoms with Crippen LogP contribution in [0.5, 0.6) is 0 Å². The lowest BCUT2D eigenvalue weighted by atomic mass is 9.87. The number of rotatable bonds is 1. The van der Waals surface area contributed by atoms with Crippen molar-refractivity contribution in [2.24, 2.45) is 0 Å². The van der Waals surface area contributed by atoms with E-state index in [4.69, 9.17) is 9.47 Å². The molecule has 0 radical (unpaired) electrons. The molecule has 0 unspecified atom stereocenters. The van der Waals surface area contributed by atoms with Gasteiger partial charge in [-0.05, 0) is 13.0 Å². The highest BCUT2D eigenvalue weighted by molar-refractivity contribution is 7.07. The van der Waals surface area contributed by atoms with E-state index < -0.39 is 0 Å². The predicted octanol–water partition coefficient (Wildman–Crippen LogP) is 0.705. The summed E-state index contributed by atoms with van der Waals surface area (Å²) in [6.45, 7) is 2.22. The standard InChI is InChI=1S/C9H12N2O2S/c1-2-10-3-8-9(1,13-6-12-8)7-4-14-5-11-7/h4-5,8,10H,1-3,6H2/t8-,9-/m1/s1. The zero-order valence-corrected chi connectivity index (χ0v) is 8.55. The van der Waals surface area contributed by atoms with Crippen molar-refractivity contribution in [3.8, 4) is 0 Å². The zero-order chi connectivity index (χ0) is 9.43. The Kier molecular flexibility index (Phi) is 2.05. The summed E-state index contributed by atoms with van der Waals surface area (Å²) in [5.41, 5.74) is 2.61. The second-order valence-electron chi connectivity index (χ2n) is 3.63. The van der Waals surface area contributed by atoms with E-state index in [-0.39, 0.29) is 11.7 Å². The first-order chi connectivity index (χ1) is 6.92. The molecule has 3 heterocycles. The van der Waals surface area contributed by atoms with E-state index in [1.165, 1.54) is 0 Å². The van der Waals surface area contributed by atoms with E-state index in [9.17, 15) is 0 Å². The summed E-state index contributed by atoms with van der Waals surface area (Å²) in [6, 6.07) is 0. The Labute approximate surface area is 86.2 Å². The van der Waals surface area contributed by atoms with Crippen LogP contribution in [0.3, 0.4) is 0 Å². The Morgan fingerprint density at radius 2 is 2.64 bits per heavy atom. The highest BCUT2D eigenvalue weighted by Crippen LogP contribution is 2.40. The fraction of sp³-hybridized carbons (Fsp3) is 0.667. The number of nitrogens with one attached hydrogen (secondary N) is 1. The van der Waals surface area contributed by atoms with E-state index >= 15 is 0 Å². The van der Waals surface area contributed by atoms with Gasteiger partial charge in [-0.1, -0.05) is 0 Å². The van der Waals surface area contributed by atoms with Gasteiger partial charge in [0.25, 0.3) is 0 Å². The fourth-order valence-corrected chi connectivity index (χ4v) is 2.83. The Hall–Kier alpha value is -0.490. The van der Waals surface area contributed by atoms with E-state index in [0.717, 1.165) is 25.2 Å². The Balaban J connectivity index is 1.99. The van der Waals surface area contributed by atoms with Crippen LogP contribution in [-0.4, -0.2) is 31.0 Å². The Morgan fingerprint density at radius 3 is 3.50 bits per heavy atom. The molecular weight excluding hydrogens is 200 g/mol. The van der Waals surface area contributed by atoms with Gasteiger partial charge in [0.05, 0.1) is 11.2 Å². The van der Waals surface area contributed by atoms with E-state index in [0.29, 0.717) is 6.79 Å². The topological polar surface area (TPSA) is 43.4 Å². The number of hydrogen-bond acceptors (Lipinski definition) is 5. The molecule has 1 N–H and O–H groups in total. The van der Waals surface area contributed by atoms with Gasteiger partial charge in [-0.25, -0.2) is 4.98 Å². The average Bonchev–Trinajstić information content (AvgIpc) is 2.87. The van der Waals surface area contributed by atoms with Gasteiger partial charge < -0.3 is 14.8 Å². The summed E-state index contributed by atoms with van der Waals surface area (Å²) >= 11 is 1.61. The first-order valence-electron chi connectivity index (χ1n) is 4.77. The molecule has 2 aliphatic heterocycles. The molecule has 4 nitrogen and oxygen atoms in total. The number of ether oxygens (including phenoxy) is 2. The van der Waals surface area contributed by atoms with Crippen molar-refractivity contribution in [3.63, 3.8) is 0 Å². The van der Waals surface area contributed by atoms with Crippen LogP contribution in [0.2, 0.25) is 0 Å². The second kappa shape index (κ2) is 3.27. The molecule has 5 heteroatoms. The lowest BCUT2D eigenvalue weighted by molar-refractivity contribution is -0.0295. The van der Waals surface area contributed by atoms with Crippen LogP contribution in [0.25, 0.3) is 0 Å². The van der Waals surface area contributed by atoms with Gasteiger partial charge in [-0.3, -0.25) is 0 Å². The highest BCUT2D eigenvalue weighted by Gasteiger charge is 2.49. The van der Waals surface area contributed by atoms with Gasteiger partial charge in [0, 0.05) is 11.9 Å². The van der Waals surface area contributed by atoms with E-state index in [2.05, 4.69) is 15.7 Å². The van der Waals surface area contributed by atoms with Gasteiger partial charge in [0.2, 0.25) is 0 Å². The molecule has 1 aromatic heterocycles. The monoisotopic (exact) mass is 212 g/mol. The summed E-state index contributed by atoms with van der Waals surface area (Å²) in [5, 5.41) is 5.38. The number of thiazole rings is 1. The highest BCUT2D eigenvalue weighted by atomic mass is 32.1. The van der Waals surface area contributed by atoms with Crippen molar-refractivity contribution >= 4 is 11.3 Å². The molecule has 2 aliphatic rings. The smallest absolute Gasteiger partial charge is 0.148 e. The molecule has 1 aromatic rings. The minimum Gasteiger partial charge on any atom is -0.347 e. The quantitative estimate of drug-likeness (QED) is 0.744. The van der Waals surface area contributed by atoms with Gasteiger partial charge in [0.15, 0.2) is 0 Å². The molecule has 0 spiro atoms. The number of piperidine rings is 1. The zero-order valence-electron chi connectivity index (χ0n) is 7.73. The van der Waals surface area contributed by atoms with Crippen molar-refractivity contribution in [2.45, 2.75) is 18.1 Å². The molecule has 14 heavy (non-hydrogen) atoms. The first kappa shape index (κ1) is 8.79. The van der Waals surface area contributed by atoms with Crippen LogP contribution in [-0.2, 0) is 15.1 Å². The summed E-state index contributed by atoms with van der Waals surface area (Å²) in [5.74, 6) is 0. The van der Waals surface area contributed by atoms with Crippen molar-refractivity contribution in [3.05, 3.63) is 16.6 Å². The van der Waals surface area contributed by atoms with Crippen LogP contribution in [0.4, 0.5) is 0 Å². The maximum Gasteiger partial charge on any atom is 0.148 e. The molecular formula is C9H12N2O2S. The molecule has 0 bridgehead atoms. The molecule has 0 amide bonds. The summed E-state index contributed by atoms with van der Waals surface area (Å²) in [4.78, 5) is 4.36. The first-order valence-corrected chi connectivity index (χ1v) is 5.71. The molecule has 0 aliphatic carbocycles. The minimum atomic E-state index is -0.273. The van der Waals surface area contributed by atoms with Crippen molar-refractivity contribution < 1.29 is 9.47 Å². The summed E-state index contributed by atoms with van der Waals surface area (Å²) in [6.07, 6.45) is 1.07. The Morgan fingerprint density at radius 1 is 1.64 bits per heavy atom. The molecule has 2 saturated heterocycles. The third-order valence-electron chi connectivity index (χ3n) is 2.97. The number of fused-ring (bicyclic) bond motifs is 1. The van der Waals surface area contributed by atoms with Gasteiger partial charge in [-0.2, -0.15) is 0 Å². The second-order valence-corrected chi connectivity index (χ2v) is 4.35. The minimum absolute atomic E-state index is 0.123. The van der Waals surface area contributed by atoms with Crippen LogP contribution in [0, 0.1) is 0 Å². The molecule has 0 aromatic carbocycles. The SMILES string of the molecule is c1nc([C@]23CCNC[C@H]2OCO3)cs1. The number of hydrogen-bond donors (Lipinski definition) is 1. The fourth-order valence-electron chi connectivity index (χ4n) is 2.20. The van der Waals surface area contributed by atoms with Crippen molar-refractivity contribution in [1.82, 2.24) is 10.3 Å². The van der Waals surface area contributed by atoms with Crippen LogP contribution >= 0.6 is 11.3 Å². The van der Waals surface area contributed by atoms with E-state index in [1.807, 2.05) is 5.51 Å². The normalized spacial score (nSPS) is 37.0. The maximum atomic E-state index is 5.77. The van der Waals surface area contributed by atoms with Crippen LogP contribution < -0.4 is 5.32 Å². The van der Waals surface area contributed by atoms with Crippen molar-refractivity contribution in [2.75, 3.05) is 19.9 Å². The van der Waals surface area contributed by atoms with Gasteiger partial charge in [0.1, 0.15) is 18.5 Å². The number of aromatic nitrogens is 1. The molecule has 76 valence electrons. The number of nitrogens with zero attached hydrogens (tertiary/aromatic N) is 1. The third-order valence-corrected chi connectivity index (χ3v) is 3.56.